The average Bonchev–Trinajstić information content (AvgIpc) is 2.79. The number of ether oxygens (including phenoxy) is 1. The summed E-state index contributed by atoms with van der Waals surface area (Å²) in [4.78, 5) is 25.7. The van der Waals surface area contributed by atoms with Crippen LogP contribution in [0.5, 0.6) is 0 Å². The molecule has 1 aliphatic heterocycles. The number of nitrogens with zero attached hydrogens (tertiary/aromatic N) is 1. The van der Waals surface area contributed by atoms with E-state index >= 15 is 0 Å². The molecule has 198 valence electrons. The van der Waals surface area contributed by atoms with Crippen LogP contribution in [0.4, 0.5) is 4.39 Å². The van der Waals surface area contributed by atoms with Crippen LogP contribution in [-0.4, -0.2) is 55.3 Å². The second-order valence-electron chi connectivity index (χ2n) is 9.33. The Balaban J connectivity index is 0.000000558. The van der Waals surface area contributed by atoms with Gasteiger partial charge in [0, 0.05) is 43.0 Å². The van der Waals surface area contributed by atoms with Crippen LogP contribution in [0.2, 0.25) is 10.0 Å². The zero-order valence-electron chi connectivity index (χ0n) is 20.7. The molecule has 6 nitrogen and oxygen atoms in total. The summed E-state index contributed by atoms with van der Waals surface area (Å²) >= 11 is 11.4. The van der Waals surface area contributed by atoms with Gasteiger partial charge in [-0.3, -0.25) is 13.8 Å². The minimum absolute atomic E-state index is 0.0547. The average molecular weight is 561 g/mol. The lowest BCUT2D eigenvalue weighted by molar-refractivity contribution is -0.168. The van der Waals surface area contributed by atoms with Gasteiger partial charge in [-0.15, -0.1) is 0 Å². The Morgan fingerprint density at radius 1 is 1.19 bits per heavy atom. The number of amides is 1. The molecule has 4 unspecified atom stereocenters. The molecule has 2 aromatic carbocycles. The molecule has 2 aromatic rings. The lowest BCUT2D eigenvalue weighted by Gasteiger charge is -2.44. The van der Waals surface area contributed by atoms with Crippen molar-refractivity contribution < 1.29 is 28.0 Å². The fraction of sp³-hybridized carbons (Fsp3) is 0.462. The van der Waals surface area contributed by atoms with Crippen molar-refractivity contribution in [3.63, 3.8) is 0 Å². The molecule has 0 aromatic heterocycles. The van der Waals surface area contributed by atoms with Crippen molar-refractivity contribution in [1.82, 2.24) is 4.90 Å². The van der Waals surface area contributed by atoms with E-state index in [2.05, 4.69) is 0 Å². The van der Waals surface area contributed by atoms with Gasteiger partial charge < -0.3 is 14.7 Å². The van der Waals surface area contributed by atoms with Crippen molar-refractivity contribution in [1.29, 1.82) is 0 Å². The van der Waals surface area contributed by atoms with Crippen LogP contribution in [-0.2, 0) is 25.1 Å². The molecule has 1 heterocycles. The predicted molar refractivity (Wildman–Crippen MR) is 141 cm³/mol. The van der Waals surface area contributed by atoms with Gasteiger partial charge in [-0.25, -0.2) is 4.39 Å². The van der Waals surface area contributed by atoms with Gasteiger partial charge >= 0.3 is 5.97 Å². The number of hydrogen-bond donors (Lipinski definition) is 1. The van der Waals surface area contributed by atoms with Crippen molar-refractivity contribution in [2.45, 2.75) is 63.5 Å². The standard InChI is InChI=1S/C20H27ClFNO5S.C6H5Cl/c1-5-13(11-29(27)20(2,3)4)23-16(14-7-6-12(21)8-15(14)22)10-28-17(19(23)26)9-18(24)25;7-6-4-2-1-3-5-6/h6-8,13,16-17H,5,9-11H2,1-4H3,(H,24,25);1-5H. The molecule has 1 fully saturated rings. The highest BCUT2D eigenvalue weighted by Gasteiger charge is 2.43. The number of aliphatic carboxylic acids is 1. The van der Waals surface area contributed by atoms with E-state index in [1.165, 1.54) is 17.0 Å². The first kappa shape index (κ1) is 30.2. The highest BCUT2D eigenvalue weighted by Crippen LogP contribution is 2.34. The first-order valence-electron chi connectivity index (χ1n) is 11.5. The molecular weight excluding hydrogens is 528 g/mol. The second-order valence-corrected chi connectivity index (χ2v) is 12.5. The number of carbonyl (C=O) groups excluding carboxylic acids is 1. The number of hydrogen-bond acceptors (Lipinski definition) is 4. The van der Waals surface area contributed by atoms with Crippen LogP contribution in [0.25, 0.3) is 0 Å². The second kappa shape index (κ2) is 13.5. The monoisotopic (exact) mass is 559 g/mol. The van der Waals surface area contributed by atoms with E-state index in [0.29, 0.717) is 6.42 Å². The van der Waals surface area contributed by atoms with Gasteiger partial charge in [-0.2, -0.15) is 0 Å². The minimum Gasteiger partial charge on any atom is -0.481 e. The summed E-state index contributed by atoms with van der Waals surface area (Å²) in [5.74, 6) is -2.06. The quantitative estimate of drug-likeness (QED) is 0.457. The molecule has 0 spiro atoms. The van der Waals surface area contributed by atoms with Crippen LogP contribution < -0.4 is 0 Å². The summed E-state index contributed by atoms with van der Waals surface area (Å²) in [6.07, 6.45) is -1.15. The van der Waals surface area contributed by atoms with Crippen molar-refractivity contribution in [2.75, 3.05) is 12.4 Å². The molecule has 0 bridgehead atoms. The number of carboxylic acid groups (broad SMARTS) is 1. The van der Waals surface area contributed by atoms with Gasteiger partial charge in [0.15, 0.2) is 0 Å². The first-order valence-corrected chi connectivity index (χ1v) is 13.6. The van der Waals surface area contributed by atoms with Crippen molar-refractivity contribution in [2.24, 2.45) is 0 Å². The molecule has 0 saturated carbocycles. The summed E-state index contributed by atoms with van der Waals surface area (Å²) in [5.41, 5.74) is 0.233. The Labute approximate surface area is 224 Å². The number of carbonyl (C=O) groups is 2. The normalized spacial score (nSPS) is 19.8. The van der Waals surface area contributed by atoms with Crippen molar-refractivity contribution >= 4 is 45.9 Å². The summed E-state index contributed by atoms with van der Waals surface area (Å²) in [6.45, 7) is 7.34. The van der Waals surface area contributed by atoms with E-state index in [1.54, 1.807) is 0 Å². The van der Waals surface area contributed by atoms with E-state index in [4.69, 9.17) is 33.0 Å². The SMILES string of the molecule is CCC(CS(=O)C(C)(C)C)N1C(=O)C(CC(=O)O)OCC1c1ccc(Cl)cc1F.Clc1ccccc1. The zero-order chi connectivity index (χ0) is 27.0. The minimum atomic E-state index is -1.25. The van der Waals surface area contributed by atoms with Crippen LogP contribution in [0.3, 0.4) is 0 Å². The zero-order valence-corrected chi connectivity index (χ0v) is 23.1. The van der Waals surface area contributed by atoms with Crippen LogP contribution in [0, 0.1) is 5.82 Å². The summed E-state index contributed by atoms with van der Waals surface area (Å²) in [7, 11) is -1.25. The highest BCUT2D eigenvalue weighted by molar-refractivity contribution is 7.86. The maximum Gasteiger partial charge on any atom is 0.306 e. The molecule has 1 saturated heterocycles. The first-order chi connectivity index (χ1) is 16.8. The largest absolute Gasteiger partial charge is 0.481 e. The fourth-order valence-corrected chi connectivity index (χ4v) is 5.21. The fourth-order valence-electron chi connectivity index (χ4n) is 3.66. The van der Waals surface area contributed by atoms with Gasteiger partial charge in [0.05, 0.1) is 19.1 Å². The Bertz CT molecular complexity index is 1060. The molecule has 1 amide bonds. The van der Waals surface area contributed by atoms with Crippen LogP contribution in [0.1, 0.15) is 52.1 Å². The lowest BCUT2D eigenvalue weighted by Crippen LogP contribution is -2.56. The Kier molecular flexibility index (Phi) is 11.3. The molecule has 4 atom stereocenters. The molecule has 36 heavy (non-hydrogen) atoms. The lowest BCUT2D eigenvalue weighted by atomic mass is 9.99. The number of rotatable bonds is 7. The molecular formula is C26H32Cl2FNO5S. The third kappa shape index (κ3) is 8.54. The summed E-state index contributed by atoms with van der Waals surface area (Å²) in [5, 5.41) is 10.1. The Morgan fingerprint density at radius 2 is 1.83 bits per heavy atom. The topological polar surface area (TPSA) is 83.9 Å². The number of halogens is 3. The number of carboxylic acids is 1. The third-order valence-corrected chi connectivity index (χ3v) is 8.17. The van der Waals surface area contributed by atoms with Crippen LogP contribution >= 0.6 is 23.2 Å². The van der Waals surface area contributed by atoms with E-state index in [-0.39, 0.29) is 22.9 Å². The number of benzene rings is 2. The Hall–Kier alpha value is -2.00. The van der Waals surface area contributed by atoms with E-state index in [9.17, 15) is 18.2 Å². The van der Waals surface area contributed by atoms with Crippen molar-refractivity contribution in [3.8, 4) is 0 Å². The van der Waals surface area contributed by atoms with Crippen molar-refractivity contribution in [3.05, 3.63) is 70.0 Å². The smallest absolute Gasteiger partial charge is 0.306 e. The number of morpholine rings is 1. The van der Waals surface area contributed by atoms with Crippen LogP contribution in [0.15, 0.2) is 48.5 Å². The maximum absolute atomic E-state index is 14.6. The summed E-state index contributed by atoms with van der Waals surface area (Å²) < 4.78 is 32.4. The maximum atomic E-state index is 14.6. The molecule has 3 rings (SSSR count). The molecule has 1 aliphatic rings. The molecule has 0 aliphatic carbocycles. The third-order valence-electron chi connectivity index (χ3n) is 5.63. The van der Waals surface area contributed by atoms with E-state index < -0.39 is 57.8 Å². The van der Waals surface area contributed by atoms with Gasteiger partial charge in [0.2, 0.25) is 0 Å². The van der Waals surface area contributed by atoms with Gasteiger partial charge in [-0.1, -0.05) is 54.4 Å². The highest BCUT2D eigenvalue weighted by atomic mass is 35.5. The van der Waals surface area contributed by atoms with Gasteiger partial charge in [-0.05, 0) is 51.5 Å². The predicted octanol–water partition coefficient (Wildman–Crippen LogP) is 5.89. The van der Waals surface area contributed by atoms with E-state index in [0.717, 1.165) is 11.1 Å². The summed E-state index contributed by atoms with van der Waals surface area (Å²) in [6, 6.07) is 12.4. The van der Waals surface area contributed by atoms with Gasteiger partial charge in [0.25, 0.3) is 5.91 Å². The molecule has 10 heteroatoms. The molecule has 0 radical (unpaired) electrons. The molecule has 1 N–H and O–H groups in total. The van der Waals surface area contributed by atoms with E-state index in [1.807, 2.05) is 58.0 Å². The van der Waals surface area contributed by atoms with Gasteiger partial charge in [0.1, 0.15) is 11.9 Å². The Morgan fingerprint density at radius 3 is 2.31 bits per heavy atom.